The molecule has 0 heterocycles. The number of methoxy groups -OCH3 is 1. The average molecular weight is 531 g/mol. The number of benzene rings is 3. The van der Waals surface area contributed by atoms with Crippen molar-refractivity contribution in [1.82, 2.24) is 0 Å². The number of carbonyl (C=O) groups is 1. The van der Waals surface area contributed by atoms with Gasteiger partial charge >= 0.3 is 5.97 Å². The van der Waals surface area contributed by atoms with E-state index in [4.69, 9.17) is 9.47 Å². The van der Waals surface area contributed by atoms with Gasteiger partial charge in [0.15, 0.2) is 0 Å². The highest BCUT2D eigenvalue weighted by molar-refractivity contribution is 5.75. The first kappa shape index (κ1) is 27.4. The lowest BCUT2D eigenvalue weighted by molar-refractivity contribution is -0.150. The summed E-state index contributed by atoms with van der Waals surface area (Å²) in [5, 5.41) is 9.82. The number of ether oxygens (including phenoxy) is 2. The molecular formula is C34H39FO4. The summed E-state index contributed by atoms with van der Waals surface area (Å²) in [6, 6.07) is 17.4. The Morgan fingerprint density at radius 3 is 2.54 bits per heavy atom. The van der Waals surface area contributed by atoms with Crippen molar-refractivity contribution in [2.75, 3.05) is 7.11 Å². The van der Waals surface area contributed by atoms with Gasteiger partial charge in [-0.3, -0.25) is 4.79 Å². The van der Waals surface area contributed by atoms with E-state index in [1.807, 2.05) is 31.2 Å². The van der Waals surface area contributed by atoms with E-state index < -0.39 is 5.97 Å². The normalized spacial score (nSPS) is 21.2. The molecule has 1 spiro atoms. The largest absolute Gasteiger partial charge is 0.489 e. The quantitative estimate of drug-likeness (QED) is 0.335. The molecule has 3 aromatic carbocycles. The van der Waals surface area contributed by atoms with E-state index in [1.165, 1.54) is 11.6 Å². The van der Waals surface area contributed by atoms with Crippen LogP contribution in [-0.2, 0) is 28.0 Å². The number of carboxylic acid groups (broad SMARTS) is 1. The third-order valence-electron chi connectivity index (χ3n) is 8.77. The fourth-order valence-electron chi connectivity index (χ4n) is 6.80. The monoisotopic (exact) mass is 530 g/mol. The molecule has 0 bridgehead atoms. The third kappa shape index (κ3) is 5.09. The number of hydrogen-bond acceptors (Lipinski definition) is 3. The Morgan fingerprint density at radius 2 is 1.87 bits per heavy atom. The van der Waals surface area contributed by atoms with Crippen LogP contribution in [0.15, 0.2) is 54.6 Å². The molecule has 39 heavy (non-hydrogen) atoms. The second-order valence-corrected chi connectivity index (χ2v) is 12.4. The second-order valence-electron chi connectivity index (χ2n) is 12.4. The number of aliphatic carboxylic acids is 1. The van der Waals surface area contributed by atoms with Gasteiger partial charge in [-0.2, -0.15) is 0 Å². The number of halogens is 1. The lowest BCUT2D eigenvalue weighted by Gasteiger charge is -2.51. The lowest BCUT2D eigenvalue weighted by Crippen LogP contribution is -2.50. The van der Waals surface area contributed by atoms with Gasteiger partial charge in [-0.05, 0) is 103 Å². The third-order valence-corrected chi connectivity index (χ3v) is 8.77. The van der Waals surface area contributed by atoms with Crippen molar-refractivity contribution >= 4 is 5.97 Å². The maximum atomic E-state index is 15.0. The molecule has 0 amide bonds. The van der Waals surface area contributed by atoms with Crippen molar-refractivity contribution in [3.63, 3.8) is 0 Å². The summed E-state index contributed by atoms with van der Waals surface area (Å²) in [6.07, 6.45) is 4.35. The average Bonchev–Trinajstić information content (AvgIpc) is 2.87. The van der Waals surface area contributed by atoms with Crippen LogP contribution in [0.25, 0.3) is 11.1 Å². The van der Waals surface area contributed by atoms with E-state index in [2.05, 4.69) is 39.0 Å². The Balaban J connectivity index is 1.46. The summed E-state index contributed by atoms with van der Waals surface area (Å²) in [7, 11) is 1.70. The van der Waals surface area contributed by atoms with Crippen molar-refractivity contribution < 1.29 is 23.8 Å². The molecule has 206 valence electrons. The van der Waals surface area contributed by atoms with E-state index in [9.17, 15) is 14.3 Å². The van der Waals surface area contributed by atoms with Crippen LogP contribution in [0.2, 0.25) is 0 Å². The van der Waals surface area contributed by atoms with Crippen molar-refractivity contribution in [3.8, 4) is 16.9 Å². The van der Waals surface area contributed by atoms with Crippen molar-refractivity contribution in [3.05, 3.63) is 88.2 Å². The number of fused-ring (bicyclic) bond motifs is 2. The summed E-state index contributed by atoms with van der Waals surface area (Å²) in [4.78, 5) is 11.9. The number of rotatable bonds is 7. The fraction of sp³-hybridized carbons (Fsp3) is 0.441. The first-order valence-electron chi connectivity index (χ1n) is 13.9. The molecule has 3 aromatic rings. The van der Waals surface area contributed by atoms with Gasteiger partial charge in [0, 0.05) is 18.1 Å². The maximum Gasteiger partial charge on any atom is 0.307 e. The van der Waals surface area contributed by atoms with Crippen LogP contribution < -0.4 is 4.74 Å². The molecule has 0 radical (unpaired) electrons. The predicted molar refractivity (Wildman–Crippen MR) is 152 cm³/mol. The Bertz CT molecular complexity index is 1390. The van der Waals surface area contributed by atoms with Gasteiger partial charge in [0.1, 0.15) is 18.2 Å². The Kier molecular flexibility index (Phi) is 7.32. The molecule has 2 aliphatic rings. The Hall–Kier alpha value is -3.18. The first-order valence-corrected chi connectivity index (χ1v) is 13.9. The van der Waals surface area contributed by atoms with Gasteiger partial charge in [-0.1, -0.05) is 50.6 Å². The van der Waals surface area contributed by atoms with Gasteiger partial charge in [0.25, 0.3) is 0 Å². The van der Waals surface area contributed by atoms with Gasteiger partial charge in [-0.15, -0.1) is 0 Å². The number of carboxylic acids is 1. The first-order chi connectivity index (χ1) is 18.5. The van der Waals surface area contributed by atoms with Crippen molar-refractivity contribution in [2.24, 2.45) is 11.3 Å². The maximum absolute atomic E-state index is 15.0. The highest BCUT2D eigenvalue weighted by Gasteiger charge is 2.53. The van der Waals surface area contributed by atoms with Crippen LogP contribution in [-0.4, -0.2) is 18.2 Å². The van der Waals surface area contributed by atoms with Crippen molar-refractivity contribution in [1.29, 1.82) is 0 Å². The summed E-state index contributed by atoms with van der Waals surface area (Å²) in [5.74, 6) is -0.509. The molecule has 1 N–H and O–H groups in total. The standard InChI is InChI=1S/C34H39FO4/c1-21-8-13-30(35)26(17-21)25-12-9-22(18-27(25)31(38-5)33(2,3)4)20-39-24-11-10-23-7-6-15-34(29(23)19-24)16-14-28(34)32(36)37/h8-13,17-19,28,31H,6-7,14-16,20H2,1-5H3,(H,36,37)/t28-,31+,34+/m1/s1. The van der Waals surface area contributed by atoms with Crippen LogP contribution in [0.1, 0.15) is 80.4 Å². The van der Waals surface area contributed by atoms with Crippen LogP contribution in [0.3, 0.4) is 0 Å². The minimum absolute atomic E-state index is 0.209. The molecule has 0 aliphatic heterocycles. The molecule has 0 saturated heterocycles. The van der Waals surface area contributed by atoms with Gasteiger partial charge < -0.3 is 14.6 Å². The highest BCUT2D eigenvalue weighted by atomic mass is 19.1. The zero-order valence-corrected chi connectivity index (χ0v) is 23.6. The Morgan fingerprint density at radius 1 is 1.08 bits per heavy atom. The molecule has 1 fully saturated rings. The second kappa shape index (κ2) is 10.4. The molecular weight excluding hydrogens is 491 g/mol. The van der Waals surface area contributed by atoms with Gasteiger partial charge in [-0.25, -0.2) is 4.39 Å². The smallest absolute Gasteiger partial charge is 0.307 e. The van der Waals surface area contributed by atoms with Crippen LogP contribution in [0.5, 0.6) is 5.75 Å². The molecule has 0 aromatic heterocycles. The zero-order chi connectivity index (χ0) is 27.9. The van der Waals surface area contributed by atoms with Crippen LogP contribution in [0.4, 0.5) is 4.39 Å². The topological polar surface area (TPSA) is 55.8 Å². The fourth-order valence-corrected chi connectivity index (χ4v) is 6.80. The molecule has 1 saturated carbocycles. The summed E-state index contributed by atoms with van der Waals surface area (Å²) in [5.41, 5.74) is 6.22. The predicted octanol–water partition coefficient (Wildman–Crippen LogP) is 8.18. The zero-order valence-electron chi connectivity index (χ0n) is 23.6. The summed E-state index contributed by atoms with van der Waals surface area (Å²) in [6.45, 7) is 8.67. The van der Waals surface area contributed by atoms with E-state index in [-0.39, 0.29) is 28.7 Å². The molecule has 2 aliphatic carbocycles. The SMILES string of the molecule is CO[C@@H](c1cc(COc2ccc3c(c2)[C@@]2(CCC3)CC[C@@H]2C(=O)O)ccc1-c1cc(C)ccc1F)C(C)(C)C. The molecule has 3 atom stereocenters. The molecule has 5 heteroatoms. The van der Waals surface area contributed by atoms with E-state index in [0.29, 0.717) is 12.2 Å². The van der Waals surface area contributed by atoms with E-state index in [0.717, 1.165) is 65.7 Å². The van der Waals surface area contributed by atoms with Crippen LogP contribution in [0, 0.1) is 24.1 Å². The van der Waals surface area contributed by atoms with E-state index in [1.54, 1.807) is 13.2 Å². The van der Waals surface area contributed by atoms with Gasteiger partial charge in [0.05, 0.1) is 12.0 Å². The van der Waals surface area contributed by atoms with Crippen LogP contribution >= 0.6 is 0 Å². The van der Waals surface area contributed by atoms with Gasteiger partial charge in [0.2, 0.25) is 0 Å². The summed E-state index contributed by atoms with van der Waals surface area (Å²) >= 11 is 0. The molecule has 0 unspecified atom stereocenters. The van der Waals surface area contributed by atoms with Crippen molar-refractivity contribution in [2.45, 2.75) is 77.9 Å². The lowest BCUT2D eigenvalue weighted by atomic mass is 9.52. The highest BCUT2D eigenvalue weighted by Crippen LogP contribution is 2.55. The number of aryl methyl sites for hydroxylation is 2. The molecule has 5 rings (SSSR count). The Labute approximate surface area is 231 Å². The number of hydrogen-bond donors (Lipinski definition) is 1. The molecule has 4 nitrogen and oxygen atoms in total. The minimum atomic E-state index is -0.690. The van der Waals surface area contributed by atoms with E-state index >= 15 is 0 Å². The minimum Gasteiger partial charge on any atom is -0.489 e. The summed E-state index contributed by atoms with van der Waals surface area (Å²) < 4.78 is 27.2.